The van der Waals surface area contributed by atoms with Crippen LogP contribution in [-0.2, 0) is 14.5 Å². The monoisotopic (exact) mass is 192 g/mol. The molecular weight excluding hydrogens is 176 g/mol. The molecule has 1 unspecified atom stereocenters. The van der Waals surface area contributed by atoms with Gasteiger partial charge in [0.25, 0.3) is 0 Å². The van der Waals surface area contributed by atoms with Crippen molar-refractivity contribution in [2.24, 2.45) is 0 Å². The Labute approximate surface area is 77.1 Å². The fourth-order valence-corrected chi connectivity index (χ4v) is 1.03. The third kappa shape index (κ3) is 4.54. The lowest BCUT2D eigenvalue weighted by Gasteiger charge is -2.21. The molecule has 1 rings (SSSR count). The van der Waals surface area contributed by atoms with Gasteiger partial charge in [-0.2, -0.15) is 0 Å². The van der Waals surface area contributed by atoms with Gasteiger partial charge < -0.3 is 14.9 Å². The molecule has 2 N–H and O–H groups in total. The van der Waals surface area contributed by atoms with Crippen molar-refractivity contribution in [3.63, 3.8) is 0 Å². The Morgan fingerprint density at radius 3 is 2.92 bits per heavy atom. The molecule has 78 valence electrons. The third-order valence-electron chi connectivity index (χ3n) is 1.78. The Balaban J connectivity index is 1.98. The molecule has 0 aromatic heterocycles. The molecular formula is C8H16O5. The van der Waals surface area contributed by atoms with Gasteiger partial charge in [0.05, 0.1) is 6.61 Å². The maximum absolute atomic E-state index is 8.89. The molecule has 1 aliphatic rings. The number of ether oxygens (including phenoxy) is 1. The molecule has 0 aromatic carbocycles. The van der Waals surface area contributed by atoms with Crippen LogP contribution in [-0.4, -0.2) is 42.4 Å². The fraction of sp³-hybridized carbons (Fsp3) is 1.00. The van der Waals surface area contributed by atoms with E-state index in [1.54, 1.807) is 0 Å². The van der Waals surface area contributed by atoms with Gasteiger partial charge in [-0.3, -0.25) is 0 Å². The van der Waals surface area contributed by atoms with E-state index in [2.05, 4.69) is 0 Å². The predicted molar refractivity (Wildman–Crippen MR) is 43.7 cm³/mol. The summed E-state index contributed by atoms with van der Waals surface area (Å²) in [5, 5.41) is 17.3. The smallest absolute Gasteiger partial charge is 0.191 e. The average molecular weight is 192 g/mol. The summed E-state index contributed by atoms with van der Waals surface area (Å²) in [6, 6.07) is 0. The summed E-state index contributed by atoms with van der Waals surface area (Å²) in [6.45, 7) is 0.335. The van der Waals surface area contributed by atoms with Crippen molar-refractivity contribution < 1.29 is 24.7 Å². The molecule has 5 heteroatoms. The van der Waals surface area contributed by atoms with Crippen LogP contribution < -0.4 is 0 Å². The first-order valence-electron chi connectivity index (χ1n) is 4.51. The van der Waals surface area contributed by atoms with E-state index in [0.29, 0.717) is 6.61 Å². The number of aliphatic hydroxyl groups excluding tert-OH is 2. The van der Waals surface area contributed by atoms with Crippen LogP contribution in [0.15, 0.2) is 0 Å². The second kappa shape index (κ2) is 6.28. The highest BCUT2D eigenvalue weighted by molar-refractivity contribution is 4.52. The molecule has 0 saturated carbocycles. The van der Waals surface area contributed by atoms with Crippen molar-refractivity contribution in [3.8, 4) is 0 Å². The predicted octanol–water partition coefficient (Wildman–Crippen LogP) is -0.186. The van der Waals surface area contributed by atoms with E-state index in [1.807, 2.05) is 0 Å². The highest BCUT2D eigenvalue weighted by atomic mass is 17.2. The van der Waals surface area contributed by atoms with Gasteiger partial charge in [-0.05, 0) is 12.8 Å². The Bertz CT molecular complexity index is 124. The van der Waals surface area contributed by atoms with Crippen LogP contribution in [0.4, 0.5) is 0 Å². The molecule has 5 nitrogen and oxygen atoms in total. The van der Waals surface area contributed by atoms with Gasteiger partial charge in [0, 0.05) is 13.0 Å². The van der Waals surface area contributed by atoms with Gasteiger partial charge in [-0.1, -0.05) is 0 Å². The molecule has 0 bridgehead atoms. The van der Waals surface area contributed by atoms with E-state index < -0.39 is 6.10 Å². The highest BCUT2D eigenvalue weighted by Gasteiger charge is 2.15. The molecule has 1 heterocycles. The van der Waals surface area contributed by atoms with Gasteiger partial charge in [-0.25, -0.2) is 9.78 Å². The van der Waals surface area contributed by atoms with E-state index in [9.17, 15) is 0 Å². The molecule has 1 aliphatic heterocycles. The Kier molecular flexibility index (Phi) is 5.26. The number of hydrogen-bond donors (Lipinski definition) is 2. The summed E-state index contributed by atoms with van der Waals surface area (Å²) in [4.78, 5) is 9.55. The molecule has 0 amide bonds. The zero-order chi connectivity index (χ0) is 9.52. The van der Waals surface area contributed by atoms with Crippen molar-refractivity contribution >= 4 is 0 Å². The third-order valence-corrected chi connectivity index (χ3v) is 1.78. The van der Waals surface area contributed by atoms with Crippen molar-refractivity contribution in [2.45, 2.75) is 31.7 Å². The second-order valence-corrected chi connectivity index (χ2v) is 3.01. The van der Waals surface area contributed by atoms with Crippen LogP contribution in [0.5, 0.6) is 0 Å². The molecule has 1 saturated heterocycles. The quantitative estimate of drug-likeness (QED) is 0.467. The molecule has 0 radical (unpaired) electrons. The number of aliphatic hydroxyl groups is 2. The molecule has 2 atom stereocenters. The molecule has 0 aromatic rings. The van der Waals surface area contributed by atoms with Crippen LogP contribution in [0.3, 0.4) is 0 Å². The first-order valence-corrected chi connectivity index (χ1v) is 4.51. The first-order chi connectivity index (χ1) is 6.33. The van der Waals surface area contributed by atoms with Gasteiger partial charge in [-0.15, -0.1) is 0 Å². The minimum Gasteiger partial charge on any atom is -0.394 e. The van der Waals surface area contributed by atoms with E-state index in [4.69, 9.17) is 24.7 Å². The summed E-state index contributed by atoms with van der Waals surface area (Å²) < 4.78 is 5.20. The van der Waals surface area contributed by atoms with Gasteiger partial charge in [0.1, 0.15) is 12.7 Å². The fourth-order valence-electron chi connectivity index (χ4n) is 1.03. The summed E-state index contributed by atoms with van der Waals surface area (Å²) in [6.07, 6.45) is 1.73. The van der Waals surface area contributed by atoms with Gasteiger partial charge in [0.2, 0.25) is 0 Å². The normalized spacial score (nSPS) is 25.8. The zero-order valence-electron chi connectivity index (χ0n) is 7.52. The molecule has 0 aliphatic carbocycles. The summed E-state index contributed by atoms with van der Waals surface area (Å²) in [5.41, 5.74) is 0. The first kappa shape index (κ1) is 10.9. The summed E-state index contributed by atoms with van der Waals surface area (Å²) in [5.74, 6) is 0. The van der Waals surface area contributed by atoms with Crippen molar-refractivity contribution in [2.75, 3.05) is 19.8 Å². The van der Waals surface area contributed by atoms with Crippen LogP contribution in [0.25, 0.3) is 0 Å². The van der Waals surface area contributed by atoms with Crippen molar-refractivity contribution in [1.82, 2.24) is 0 Å². The van der Waals surface area contributed by atoms with Crippen LogP contribution in [0.1, 0.15) is 19.3 Å². The summed E-state index contributed by atoms with van der Waals surface area (Å²) in [7, 11) is 0. The number of rotatable bonds is 5. The largest absolute Gasteiger partial charge is 0.394 e. The van der Waals surface area contributed by atoms with Crippen LogP contribution in [0, 0.1) is 0 Å². The summed E-state index contributed by atoms with van der Waals surface area (Å²) >= 11 is 0. The Morgan fingerprint density at radius 2 is 2.31 bits per heavy atom. The van der Waals surface area contributed by atoms with Gasteiger partial charge >= 0.3 is 0 Å². The Hall–Kier alpha value is -0.200. The maximum Gasteiger partial charge on any atom is 0.191 e. The lowest BCUT2D eigenvalue weighted by atomic mass is 10.2. The molecule has 0 spiro atoms. The van der Waals surface area contributed by atoms with Crippen molar-refractivity contribution in [1.29, 1.82) is 0 Å². The van der Waals surface area contributed by atoms with E-state index in [1.165, 1.54) is 0 Å². The van der Waals surface area contributed by atoms with E-state index in [-0.39, 0.29) is 19.5 Å². The molecule has 13 heavy (non-hydrogen) atoms. The van der Waals surface area contributed by atoms with E-state index in [0.717, 1.165) is 19.3 Å². The van der Waals surface area contributed by atoms with Gasteiger partial charge in [0.15, 0.2) is 6.29 Å². The standard InChI is InChI=1S/C8H16O5/c9-5-7(10)6-12-13-8-3-1-2-4-11-8/h7-10H,1-6H2/t7-,8?/m0/s1. The van der Waals surface area contributed by atoms with Crippen molar-refractivity contribution in [3.05, 3.63) is 0 Å². The highest BCUT2D eigenvalue weighted by Crippen LogP contribution is 2.13. The lowest BCUT2D eigenvalue weighted by molar-refractivity contribution is -0.390. The SMILES string of the molecule is OC[C@H](O)COOC1CCCCO1. The maximum atomic E-state index is 8.89. The lowest BCUT2D eigenvalue weighted by Crippen LogP contribution is -2.26. The Morgan fingerprint density at radius 1 is 1.46 bits per heavy atom. The van der Waals surface area contributed by atoms with Crippen LogP contribution >= 0.6 is 0 Å². The second-order valence-electron chi connectivity index (χ2n) is 3.01. The average Bonchev–Trinajstić information content (AvgIpc) is 2.19. The topological polar surface area (TPSA) is 68.2 Å². The molecule has 1 fully saturated rings. The van der Waals surface area contributed by atoms with Crippen LogP contribution in [0.2, 0.25) is 0 Å². The number of hydrogen-bond acceptors (Lipinski definition) is 5. The minimum atomic E-state index is -0.886. The minimum absolute atomic E-state index is 0.0314. The zero-order valence-corrected chi connectivity index (χ0v) is 7.52. The van der Waals surface area contributed by atoms with E-state index >= 15 is 0 Å².